The number of aromatic hydroxyl groups is 1. The third-order valence-electron chi connectivity index (χ3n) is 6.39. The van der Waals surface area contributed by atoms with Crippen molar-refractivity contribution >= 4 is 17.5 Å². The second-order valence-electron chi connectivity index (χ2n) is 8.27. The van der Waals surface area contributed by atoms with Crippen LogP contribution in [-0.4, -0.2) is 42.6 Å². The van der Waals surface area contributed by atoms with Gasteiger partial charge in [0.25, 0.3) is 0 Å². The average Bonchev–Trinajstić information content (AvgIpc) is 3.24. The summed E-state index contributed by atoms with van der Waals surface area (Å²) in [6.45, 7) is 4.90. The van der Waals surface area contributed by atoms with Crippen LogP contribution in [0.5, 0.6) is 5.75 Å². The SMILES string of the molecule is CC1C(C(=O)NC[C@H](Cc2ccc(O)c(Cl)c2)N(C)C)[C@]1(C)c1ccccc1. The number of phenolic OH excluding ortho intramolecular Hbond substituents is 1. The zero-order chi connectivity index (χ0) is 20.5. The molecule has 1 aliphatic carbocycles. The molecular formula is C23H29ClN2O2. The Morgan fingerprint density at radius 2 is 1.93 bits per heavy atom. The molecule has 2 aromatic carbocycles. The molecule has 0 aromatic heterocycles. The minimum atomic E-state index is -0.0938. The normalized spacial score (nSPS) is 24.8. The highest BCUT2D eigenvalue weighted by atomic mass is 35.5. The molecule has 3 rings (SSSR count). The first-order valence-corrected chi connectivity index (χ1v) is 10.1. The third-order valence-corrected chi connectivity index (χ3v) is 6.69. The molecule has 4 nitrogen and oxygen atoms in total. The fourth-order valence-electron chi connectivity index (χ4n) is 4.18. The van der Waals surface area contributed by atoms with Crippen molar-refractivity contribution in [3.8, 4) is 5.75 Å². The summed E-state index contributed by atoms with van der Waals surface area (Å²) in [4.78, 5) is 15.0. The van der Waals surface area contributed by atoms with Gasteiger partial charge in [0.05, 0.1) is 10.9 Å². The van der Waals surface area contributed by atoms with Crippen molar-refractivity contribution in [3.63, 3.8) is 0 Å². The van der Waals surface area contributed by atoms with Gasteiger partial charge in [-0.15, -0.1) is 0 Å². The van der Waals surface area contributed by atoms with E-state index in [-0.39, 0.29) is 29.0 Å². The van der Waals surface area contributed by atoms with Gasteiger partial charge in [0, 0.05) is 18.0 Å². The fraction of sp³-hybridized carbons (Fsp3) is 0.435. The minimum Gasteiger partial charge on any atom is -0.506 e. The highest BCUT2D eigenvalue weighted by Gasteiger charge is 2.62. The highest BCUT2D eigenvalue weighted by Crippen LogP contribution is 2.59. The van der Waals surface area contributed by atoms with Gasteiger partial charge in [0.15, 0.2) is 0 Å². The van der Waals surface area contributed by atoms with Crippen molar-refractivity contribution in [3.05, 3.63) is 64.7 Å². The van der Waals surface area contributed by atoms with Gasteiger partial charge >= 0.3 is 0 Å². The van der Waals surface area contributed by atoms with Crippen molar-refractivity contribution in [1.82, 2.24) is 10.2 Å². The average molecular weight is 401 g/mol. The summed E-state index contributed by atoms with van der Waals surface area (Å²) >= 11 is 6.03. The van der Waals surface area contributed by atoms with Gasteiger partial charge in [-0.1, -0.05) is 61.8 Å². The molecule has 28 heavy (non-hydrogen) atoms. The van der Waals surface area contributed by atoms with Gasteiger partial charge < -0.3 is 15.3 Å². The summed E-state index contributed by atoms with van der Waals surface area (Å²) in [6.07, 6.45) is 0.740. The summed E-state index contributed by atoms with van der Waals surface area (Å²) in [6, 6.07) is 15.7. The summed E-state index contributed by atoms with van der Waals surface area (Å²) < 4.78 is 0. The van der Waals surface area contributed by atoms with Crippen molar-refractivity contribution < 1.29 is 9.90 Å². The second kappa shape index (κ2) is 8.14. The Labute approximate surface area is 172 Å². The maximum Gasteiger partial charge on any atom is 0.224 e. The van der Waals surface area contributed by atoms with Crippen LogP contribution in [0.3, 0.4) is 0 Å². The van der Waals surface area contributed by atoms with Gasteiger partial charge in [-0.05, 0) is 49.7 Å². The molecule has 5 heteroatoms. The maximum absolute atomic E-state index is 12.9. The lowest BCUT2D eigenvalue weighted by molar-refractivity contribution is -0.123. The van der Waals surface area contributed by atoms with Crippen molar-refractivity contribution in [2.45, 2.75) is 31.7 Å². The molecule has 150 valence electrons. The molecule has 0 heterocycles. The van der Waals surface area contributed by atoms with Crippen LogP contribution in [0, 0.1) is 11.8 Å². The molecule has 2 aromatic rings. The van der Waals surface area contributed by atoms with E-state index in [1.165, 1.54) is 5.56 Å². The third kappa shape index (κ3) is 4.03. The van der Waals surface area contributed by atoms with E-state index in [0.29, 0.717) is 17.5 Å². The molecule has 1 saturated carbocycles. The number of halogens is 1. The van der Waals surface area contributed by atoms with E-state index in [2.05, 4.69) is 36.2 Å². The first-order valence-electron chi connectivity index (χ1n) is 9.72. The summed E-state index contributed by atoms with van der Waals surface area (Å²) in [5.74, 6) is 0.530. The predicted octanol–water partition coefficient (Wildman–Crippen LogP) is 3.86. The standard InChI is InChI=1S/C23H29ClN2O2/c1-15-21(23(15,2)17-8-6-5-7-9-17)22(28)25-14-18(26(3)4)12-16-10-11-20(27)19(24)13-16/h5-11,13,15,18,21,27H,12,14H2,1-4H3,(H,25,28)/t15?,18-,21?,23-/m0/s1. The molecule has 1 amide bonds. The fourth-order valence-corrected chi connectivity index (χ4v) is 4.39. The van der Waals surface area contributed by atoms with Crippen LogP contribution < -0.4 is 5.32 Å². The van der Waals surface area contributed by atoms with Crippen LogP contribution in [0.1, 0.15) is 25.0 Å². The summed E-state index contributed by atoms with van der Waals surface area (Å²) in [7, 11) is 4.01. The maximum atomic E-state index is 12.9. The molecule has 1 fully saturated rings. The lowest BCUT2D eigenvalue weighted by atomic mass is 9.94. The molecule has 0 radical (unpaired) electrons. The molecule has 0 saturated heterocycles. The van der Waals surface area contributed by atoms with E-state index in [9.17, 15) is 9.90 Å². The van der Waals surface area contributed by atoms with E-state index in [4.69, 9.17) is 11.6 Å². The lowest BCUT2D eigenvalue weighted by Crippen LogP contribution is -2.42. The van der Waals surface area contributed by atoms with E-state index in [1.54, 1.807) is 12.1 Å². The Morgan fingerprint density at radius 3 is 2.54 bits per heavy atom. The number of benzene rings is 2. The molecule has 2 unspecified atom stereocenters. The van der Waals surface area contributed by atoms with Crippen LogP contribution >= 0.6 is 11.6 Å². The monoisotopic (exact) mass is 400 g/mol. The van der Waals surface area contributed by atoms with E-state index < -0.39 is 0 Å². The minimum absolute atomic E-state index is 0.000768. The number of amides is 1. The number of rotatable bonds is 7. The number of carbonyl (C=O) groups excluding carboxylic acids is 1. The summed E-state index contributed by atoms with van der Waals surface area (Å²) in [5, 5.41) is 13.1. The predicted molar refractivity (Wildman–Crippen MR) is 114 cm³/mol. The molecule has 0 bridgehead atoms. The van der Waals surface area contributed by atoms with Gasteiger partial charge in [-0.2, -0.15) is 0 Å². The Bertz CT molecular complexity index is 840. The first-order chi connectivity index (χ1) is 13.2. The van der Waals surface area contributed by atoms with Gasteiger partial charge in [0.1, 0.15) is 5.75 Å². The second-order valence-corrected chi connectivity index (χ2v) is 8.67. The zero-order valence-electron chi connectivity index (χ0n) is 16.9. The number of nitrogens with one attached hydrogen (secondary N) is 1. The van der Waals surface area contributed by atoms with Crippen molar-refractivity contribution in [2.75, 3.05) is 20.6 Å². The lowest BCUT2D eigenvalue weighted by Gasteiger charge is -2.25. The largest absolute Gasteiger partial charge is 0.506 e. The Balaban J connectivity index is 1.62. The van der Waals surface area contributed by atoms with E-state index in [0.717, 1.165) is 12.0 Å². The van der Waals surface area contributed by atoms with Crippen LogP contribution in [0.25, 0.3) is 0 Å². The van der Waals surface area contributed by atoms with Crippen LogP contribution in [0.15, 0.2) is 48.5 Å². The van der Waals surface area contributed by atoms with E-state index in [1.807, 2.05) is 38.4 Å². The number of hydrogen-bond donors (Lipinski definition) is 2. The van der Waals surface area contributed by atoms with Gasteiger partial charge in [0.2, 0.25) is 5.91 Å². The Kier molecular flexibility index (Phi) is 6.01. The molecule has 0 spiro atoms. The van der Waals surface area contributed by atoms with E-state index >= 15 is 0 Å². The number of likely N-dealkylation sites (N-methyl/N-ethyl adjacent to an activating group) is 1. The first kappa shape index (κ1) is 20.7. The number of nitrogens with zero attached hydrogens (tertiary/aromatic N) is 1. The number of hydrogen-bond acceptors (Lipinski definition) is 3. The Hall–Kier alpha value is -2.04. The molecular weight excluding hydrogens is 372 g/mol. The van der Waals surface area contributed by atoms with Crippen molar-refractivity contribution in [1.29, 1.82) is 0 Å². The molecule has 2 N–H and O–H groups in total. The number of phenols is 1. The Morgan fingerprint density at radius 1 is 1.25 bits per heavy atom. The van der Waals surface area contributed by atoms with Crippen LogP contribution in [-0.2, 0) is 16.6 Å². The molecule has 0 aliphatic heterocycles. The number of carbonyl (C=O) groups is 1. The highest BCUT2D eigenvalue weighted by molar-refractivity contribution is 6.32. The molecule has 4 atom stereocenters. The molecule has 1 aliphatic rings. The zero-order valence-corrected chi connectivity index (χ0v) is 17.7. The van der Waals surface area contributed by atoms with Gasteiger partial charge in [-0.3, -0.25) is 4.79 Å². The van der Waals surface area contributed by atoms with Crippen molar-refractivity contribution in [2.24, 2.45) is 11.8 Å². The quantitative estimate of drug-likeness (QED) is 0.742. The van der Waals surface area contributed by atoms with Crippen LogP contribution in [0.2, 0.25) is 5.02 Å². The summed E-state index contributed by atoms with van der Waals surface area (Å²) in [5.41, 5.74) is 2.17. The van der Waals surface area contributed by atoms with Gasteiger partial charge in [-0.25, -0.2) is 0 Å². The topological polar surface area (TPSA) is 52.6 Å². The smallest absolute Gasteiger partial charge is 0.224 e. The van der Waals surface area contributed by atoms with Crippen LogP contribution in [0.4, 0.5) is 0 Å².